The van der Waals surface area contributed by atoms with Crippen LogP contribution in [-0.4, -0.2) is 78.8 Å². The van der Waals surface area contributed by atoms with Gasteiger partial charge in [0.2, 0.25) is 0 Å². The predicted octanol–water partition coefficient (Wildman–Crippen LogP) is 2.59. The lowest BCUT2D eigenvalue weighted by Crippen LogP contribution is -2.32. The fourth-order valence-electron chi connectivity index (χ4n) is 3.80. The summed E-state index contributed by atoms with van der Waals surface area (Å²) in [5, 5.41) is 0. The lowest BCUT2D eigenvalue weighted by molar-refractivity contribution is -0.0693. The Kier molecular flexibility index (Phi) is 10.3. The van der Waals surface area contributed by atoms with Crippen molar-refractivity contribution >= 4 is 0 Å². The van der Waals surface area contributed by atoms with Gasteiger partial charge in [-0.15, -0.1) is 0 Å². The van der Waals surface area contributed by atoms with Crippen molar-refractivity contribution in [2.45, 2.75) is 31.3 Å². The number of rotatable bonds is 1. The molecule has 2 unspecified atom stereocenters. The van der Waals surface area contributed by atoms with Gasteiger partial charge in [-0.05, 0) is 30.4 Å². The Morgan fingerprint density at radius 3 is 1.89 bits per heavy atom. The van der Waals surface area contributed by atoms with Gasteiger partial charge >= 0.3 is 0 Å². The molecule has 1 heterocycles. The van der Waals surface area contributed by atoms with Crippen molar-refractivity contribution < 1.29 is 28.4 Å². The van der Waals surface area contributed by atoms with Crippen molar-refractivity contribution in [3.63, 3.8) is 0 Å². The lowest BCUT2D eigenvalue weighted by atomic mass is 9.80. The van der Waals surface area contributed by atoms with Crippen LogP contribution in [0.25, 0.3) is 0 Å². The first kappa shape index (κ1) is 21.7. The van der Waals surface area contributed by atoms with E-state index < -0.39 is 0 Å². The minimum Gasteiger partial charge on any atom is -0.377 e. The molecule has 1 aliphatic heterocycles. The first-order valence-corrected chi connectivity index (χ1v) is 10.5. The molecule has 2 aliphatic rings. The van der Waals surface area contributed by atoms with Crippen LogP contribution in [0.4, 0.5) is 0 Å². The molecule has 28 heavy (non-hydrogen) atoms. The van der Waals surface area contributed by atoms with E-state index in [1.165, 1.54) is 17.5 Å². The molecule has 1 aromatic carbocycles. The monoisotopic (exact) mass is 394 g/mol. The molecule has 6 nitrogen and oxygen atoms in total. The highest BCUT2D eigenvalue weighted by atomic mass is 16.6. The smallest absolute Gasteiger partial charge is 0.0878 e. The molecule has 1 saturated heterocycles. The minimum atomic E-state index is 0.0310. The van der Waals surface area contributed by atoms with E-state index in [2.05, 4.69) is 24.3 Å². The Balaban J connectivity index is 1.54. The second-order valence-electron chi connectivity index (χ2n) is 7.13. The van der Waals surface area contributed by atoms with Crippen molar-refractivity contribution in [2.24, 2.45) is 0 Å². The molecule has 6 heteroatoms. The Labute approximate surface area is 168 Å². The predicted molar refractivity (Wildman–Crippen MR) is 106 cm³/mol. The third kappa shape index (κ3) is 7.43. The summed E-state index contributed by atoms with van der Waals surface area (Å²) in [6.07, 6.45) is 3.51. The lowest BCUT2D eigenvalue weighted by Gasteiger charge is -2.32. The molecule has 0 spiro atoms. The number of fused-ring (bicyclic) bond motifs is 1. The Morgan fingerprint density at radius 1 is 0.643 bits per heavy atom. The van der Waals surface area contributed by atoms with Crippen LogP contribution in [0.5, 0.6) is 0 Å². The van der Waals surface area contributed by atoms with Crippen molar-refractivity contribution in [2.75, 3.05) is 72.7 Å². The van der Waals surface area contributed by atoms with Gasteiger partial charge in [0.1, 0.15) is 0 Å². The van der Waals surface area contributed by atoms with E-state index in [0.29, 0.717) is 78.6 Å². The molecular formula is C22H34O6. The topological polar surface area (TPSA) is 55.4 Å². The third-order valence-corrected chi connectivity index (χ3v) is 5.19. The molecule has 158 valence electrons. The van der Waals surface area contributed by atoms with E-state index >= 15 is 0 Å². The highest BCUT2D eigenvalue weighted by molar-refractivity contribution is 5.33. The Bertz CT molecular complexity index is 520. The van der Waals surface area contributed by atoms with Crippen LogP contribution in [0, 0.1) is 0 Å². The zero-order valence-electron chi connectivity index (χ0n) is 16.8. The molecule has 0 saturated carbocycles. The molecule has 1 aromatic rings. The zero-order chi connectivity index (χ0) is 19.3. The van der Waals surface area contributed by atoms with Gasteiger partial charge in [0.25, 0.3) is 0 Å². The first-order chi connectivity index (χ1) is 13.9. The summed E-state index contributed by atoms with van der Waals surface area (Å²) in [5.74, 6) is 0.369. The molecular weight excluding hydrogens is 360 g/mol. The maximum atomic E-state index is 6.23. The number of ether oxygens (including phenoxy) is 6. The van der Waals surface area contributed by atoms with E-state index in [-0.39, 0.29) is 6.10 Å². The molecule has 2 atom stereocenters. The van der Waals surface area contributed by atoms with Crippen LogP contribution < -0.4 is 0 Å². The summed E-state index contributed by atoms with van der Waals surface area (Å²) in [6, 6.07) is 8.73. The quantitative estimate of drug-likeness (QED) is 0.730. The standard InChI is InChI=1S/C22H34O6/c1-2-6-20-19(4-1)5-3-7-21(20)22-18-27-15-14-25-11-10-23-8-9-24-12-13-26-16-17-28-22/h1-2,4,6,21-22H,3,5,7-18H2. The maximum Gasteiger partial charge on any atom is 0.0878 e. The van der Waals surface area contributed by atoms with E-state index in [4.69, 9.17) is 28.4 Å². The second kappa shape index (κ2) is 13.2. The van der Waals surface area contributed by atoms with E-state index in [1.807, 2.05) is 0 Å². The number of benzene rings is 1. The second-order valence-corrected chi connectivity index (χ2v) is 7.13. The summed E-state index contributed by atoms with van der Waals surface area (Å²) < 4.78 is 34.3. The van der Waals surface area contributed by atoms with Gasteiger partial charge in [-0.25, -0.2) is 0 Å². The van der Waals surface area contributed by atoms with Crippen molar-refractivity contribution in [1.82, 2.24) is 0 Å². The number of hydrogen-bond acceptors (Lipinski definition) is 6. The highest BCUT2D eigenvalue weighted by Gasteiger charge is 2.28. The van der Waals surface area contributed by atoms with Gasteiger partial charge in [-0.3, -0.25) is 0 Å². The SMILES string of the molecule is c1ccc2c(c1)CCCC2C1COCCOCCOCCOCCOCCO1. The molecule has 0 radical (unpaired) electrons. The first-order valence-electron chi connectivity index (χ1n) is 10.5. The normalized spacial score (nSPS) is 27.3. The van der Waals surface area contributed by atoms with Crippen LogP contribution in [0.3, 0.4) is 0 Å². The molecule has 0 N–H and O–H groups in total. The molecule has 3 rings (SSSR count). The van der Waals surface area contributed by atoms with Gasteiger partial charge in [-0.1, -0.05) is 24.3 Å². The summed E-state index contributed by atoms with van der Waals surface area (Å²) in [7, 11) is 0. The van der Waals surface area contributed by atoms with Crippen LogP contribution in [0.2, 0.25) is 0 Å². The number of aryl methyl sites for hydroxylation is 1. The van der Waals surface area contributed by atoms with E-state index in [0.717, 1.165) is 12.8 Å². The summed E-state index contributed by atoms with van der Waals surface area (Å²) in [5.41, 5.74) is 2.85. The van der Waals surface area contributed by atoms with E-state index in [1.54, 1.807) is 0 Å². The van der Waals surface area contributed by atoms with Crippen molar-refractivity contribution in [3.8, 4) is 0 Å². The zero-order valence-corrected chi connectivity index (χ0v) is 16.8. The van der Waals surface area contributed by atoms with Gasteiger partial charge in [0, 0.05) is 5.92 Å². The third-order valence-electron chi connectivity index (χ3n) is 5.19. The van der Waals surface area contributed by atoms with Crippen LogP contribution >= 0.6 is 0 Å². The molecule has 0 aromatic heterocycles. The minimum absolute atomic E-state index is 0.0310. The van der Waals surface area contributed by atoms with Gasteiger partial charge < -0.3 is 28.4 Å². The van der Waals surface area contributed by atoms with Crippen LogP contribution in [0.15, 0.2) is 24.3 Å². The largest absolute Gasteiger partial charge is 0.377 e. The van der Waals surface area contributed by atoms with E-state index in [9.17, 15) is 0 Å². The maximum absolute atomic E-state index is 6.23. The number of hydrogen-bond donors (Lipinski definition) is 0. The molecule has 1 fully saturated rings. The molecule has 0 bridgehead atoms. The summed E-state index contributed by atoms with van der Waals surface area (Å²) >= 11 is 0. The van der Waals surface area contributed by atoms with Crippen molar-refractivity contribution in [1.29, 1.82) is 0 Å². The average Bonchev–Trinajstić information content (AvgIpc) is 2.73. The van der Waals surface area contributed by atoms with Gasteiger partial charge in [0.15, 0.2) is 0 Å². The highest BCUT2D eigenvalue weighted by Crippen LogP contribution is 2.35. The molecule has 0 amide bonds. The summed E-state index contributed by atoms with van der Waals surface area (Å²) in [6.45, 7) is 6.27. The van der Waals surface area contributed by atoms with Gasteiger partial charge in [0.05, 0.1) is 78.8 Å². The van der Waals surface area contributed by atoms with Crippen molar-refractivity contribution in [3.05, 3.63) is 35.4 Å². The fraction of sp³-hybridized carbons (Fsp3) is 0.727. The summed E-state index contributed by atoms with van der Waals surface area (Å²) in [4.78, 5) is 0. The van der Waals surface area contributed by atoms with Crippen LogP contribution in [0.1, 0.15) is 29.9 Å². The molecule has 1 aliphatic carbocycles. The Morgan fingerprint density at radius 2 is 1.21 bits per heavy atom. The van der Waals surface area contributed by atoms with Gasteiger partial charge in [-0.2, -0.15) is 0 Å². The average molecular weight is 395 g/mol. The van der Waals surface area contributed by atoms with Crippen LogP contribution in [-0.2, 0) is 34.8 Å². The Hall–Kier alpha value is -1.02. The fourth-order valence-corrected chi connectivity index (χ4v) is 3.80.